The summed E-state index contributed by atoms with van der Waals surface area (Å²) in [7, 11) is 0. The molecule has 6 nitrogen and oxygen atoms in total. The van der Waals surface area contributed by atoms with Crippen molar-refractivity contribution in [3.63, 3.8) is 0 Å². The topological polar surface area (TPSA) is 96.9 Å². The van der Waals surface area contributed by atoms with Crippen molar-refractivity contribution in [1.29, 1.82) is 0 Å². The summed E-state index contributed by atoms with van der Waals surface area (Å²) in [5, 5.41) is 10.1. The molecule has 1 heterocycles. The minimum atomic E-state index is -0.571. The Morgan fingerprint density at radius 2 is 2.09 bits per heavy atom. The average molecular weight is 359 g/mol. The molecule has 1 fully saturated rings. The maximum Gasteiger partial charge on any atom is 0.434 e. The van der Waals surface area contributed by atoms with Crippen LogP contribution in [-0.4, -0.2) is 22.8 Å². The number of nitrogens with zero attached hydrogens (tertiary/aromatic N) is 1. The van der Waals surface area contributed by atoms with E-state index in [1.165, 1.54) is 0 Å². The van der Waals surface area contributed by atoms with Crippen LogP contribution < -0.4 is 16.8 Å². The first-order valence-electron chi connectivity index (χ1n) is 7.46. The van der Waals surface area contributed by atoms with Crippen LogP contribution in [0.1, 0.15) is 25.7 Å². The summed E-state index contributed by atoms with van der Waals surface area (Å²) in [6.07, 6.45) is 4.44. The molecule has 126 valence electrons. The Morgan fingerprint density at radius 3 is 2.74 bits per heavy atom. The third kappa shape index (κ3) is 4.50. The number of nitrogens with one attached hydrogen (secondary N) is 2. The van der Waals surface area contributed by atoms with E-state index in [1.54, 1.807) is 12.1 Å². The normalized spacial score (nSPS) is 20.8. The largest absolute Gasteiger partial charge is 0.434 e. The van der Waals surface area contributed by atoms with Gasteiger partial charge in [-0.05, 0) is 49.8 Å². The Morgan fingerprint density at radius 1 is 1.35 bits per heavy atom. The summed E-state index contributed by atoms with van der Waals surface area (Å²) in [5.41, 5.74) is 7.45. The van der Waals surface area contributed by atoms with Gasteiger partial charge in [-0.3, -0.25) is 0 Å². The zero-order valence-electron chi connectivity index (χ0n) is 12.5. The van der Waals surface area contributed by atoms with Crippen molar-refractivity contribution in [3.8, 4) is 11.5 Å². The maximum absolute atomic E-state index is 11.0. The van der Waals surface area contributed by atoms with Gasteiger partial charge in [0.2, 0.25) is 5.89 Å². The smallest absolute Gasteiger partial charge is 0.388 e. The van der Waals surface area contributed by atoms with E-state index in [0.29, 0.717) is 22.5 Å². The first kappa shape index (κ1) is 17.8. The number of anilines is 1. The number of aromatic amines is 1. The van der Waals surface area contributed by atoms with Crippen molar-refractivity contribution in [2.75, 3.05) is 11.9 Å². The van der Waals surface area contributed by atoms with Gasteiger partial charge in [-0.25, -0.2) is 9.89 Å². The summed E-state index contributed by atoms with van der Waals surface area (Å²) in [6.45, 7) is 0.862. The van der Waals surface area contributed by atoms with E-state index in [0.717, 1.165) is 37.9 Å². The summed E-state index contributed by atoms with van der Waals surface area (Å²) in [5.74, 6) is 0.300. The van der Waals surface area contributed by atoms with Crippen molar-refractivity contribution in [2.45, 2.75) is 31.7 Å². The molecule has 1 aromatic heterocycles. The van der Waals surface area contributed by atoms with Gasteiger partial charge < -0.3 is 15.5 Å². The van der Waals surface area contributed by atoms with E-state index in [9.17, 15) is 4.79 Å². The number of nitrogens with two attached hydrogens (primary N) is 1. The number of hydrogen-bond donors (Lipinski definition) is 3. The molecule has 0 bridgehead atoms. The number of benzene rings is 1. The van der Waals surface area contributed by atoms with Crippen LogP contribution in [0.4, 0.5) is 5.69 Å². The molecule has 4 N–H and O–H groups in total. The lowest BCUT2D eigenvalue weighted by molar-refractivity contribution is 0.339. The van der Waals surface area contributed by atoms with E-state index in [2.05, 4.69) is 15.5 Å². The molecular weight excluding hydrogens is 339 g/mol. The predicted molar refractivity (Wildman–Crippen MR) is 93.2 cm³/mol. The molecule has 1 aromatic carbocycles. The highest BCUT2D eigenvalue weighted by atomic mass is 35.5. The Labute approximate surface area is 145 Å². The lowest BCUT2D eigenvalue weighted by Gasteiger charge is -2.26. The summed E-state index contributed by atoms with van der Waals surface area (Å²) in [6, 6.07) is 5.73. The molecule has 0 aliphatic heterocycles. The molecule has 2 aromatic rings. The molecule has 0 unspecified atom stereocenters. The van der Waals surface area contributed by atoms with Crippen LogP contribution in [-0.2, 0) is 0 Å². The number of aromatic nitrogens is 2. The molecule has 0 atom stereocenters. The van der Waals surface area contributed by atoms with Crippen molar-refractivity contribution < 1.29 is 4.42 Å². The lowest BCUT2D eigenvalue weighted by atomic mass is 9.86. The molecular formula is C15H20Cl2N4O2. The van der Waals surface area contributed by atoms with Crippen molar-refractivity contribution >= 4 is 29.7 Å². The minimum absolute atomic E-state index is 0. The number of halogens is 2. The van der Waals surface area contributed by atoms with Gasteiger partial charge >= 0.3 is 5.76 Å². The predicted octanol–water partition coefficient (Wildman–Crippen LogP) is 3.03. The zero-order chi connectivity index (χ0) is 15.5. The van der Waals surface area contributed by atoms with Crippen molar-refractivity contribution in [2.24, 2.45) is 11.7 Å². The average Bonchev–Trinajstić information content (AvgIpc) is 2.95. The summed E-state index contributed by atoms with van der Waals surface area (Å²) < 4.78 is 4.96. The van der Waals surface area contributed by atoms with Crippen LogP contribution in [0.5, 0.6) is 0 Å². The zero-order valence-corrected chi connectivity index (χ0v) is 14.1. The summed E-state index contributed by atoms with van der Waals surface area (Å²) in [4.78, 5) is 11.0. The van der Waals surface area contributed by atoms with Crippen LogP contribution in [0, 0.1) is 5.92 Å². The van der Waals surface area contributed by atoms with Crippen molar-refractivity contribution in [3.05, 3.63) is 33.8 Å². The second-order valence-corrected chi connectivity index (χ2v) is 6.18. The van der Waals surface area contributed by atoms with Crippen LogP contribution in [0.15, 0.2) is 27.4 Å². The third-order valence-electron chi connectivity index (χ3n) is 4.12. The highest BCUT2D eigenvalue weighted by Gasteiger charge is 2.18. The van der Waals surface area contributed by atoms with Crippen LogP contribution in [0.2, 0.25) is 5.02 Å². The number of hydrogen-bond acceptors (Lipinski definition) is 5. The highest BCUT2D eigenvalue weighted by molar-refractivity contribution is 6.33. The standard InChI is InChI=1S/C15H19ClN4O2.ClH/c16-12-6-3-10(14-19-20-15(21)22-14)7-13(12)18-8-9-1-4-11(17)5-2-9;/h3,6-7,9,11,18H,1-2,4-5,8,17H2,(H,20,21);1H/t9-,11-;. The molecule has 0 saturated heterocycles. The van der Waals surface area contributed by atoms with Crippen molar-refractivity contribution in [1.82, 2.24) is 10.2 Å². The highest BCUT2D eigenvalue weighted by Crippen LogP contribution is 2.29. The molecule has 0 radical (unpaired) electrons. The molecule has 1 aliphatic rings. The molecule has 3 rings (SSSR count). The quantitative estimate of drug-likeness (QED) is 0.780. The van der Waals surface area contributed by atoms with Crippen LogP contribution in [0.3, 0.4) is 0 Å². The second-order valence-electron chi connectivity index (χ2n) is 5.77. The molecule has 0 spiro atoms. The Kier molecular flexibility index (Phi) is 6.10. The molecule has 1 saturated carbocycles. The summed E-state index contributed by atoms with van der Waals surface area (Å²) >= 11 is 6.23. The van der Waals surface area contributed by atoms with Crippen LogP contribution in [0.25, 0.3) is 11.5 Å². The first-order valence-corrected chi connectivity index (χ1v) is 7.84. The Hall–Kier alpha value is -1.50. The van der Waals surface area contributed by atoms with Gasteiger partial charge in [0.05, 0.1) is 10.7 Å². The minimum Gasteiger partial charge on any atom is -0.388 e. The third-order valence-corrected chi connectivity index (χ3v) is 4.45. The lowest BCUT2D eigenvalue weighted by Crippen LogP contribution is -2.29. The van der Waals surface area contributed by atoms with E-state index < -0.39 is 5.76 Å². The number of rotatable bonds is 4. The fourth-order valence-corrected chi connectivity index (χ4v) is 2.98. The second kappa shape index (κ2) is 7.86. The fourth-order valence-electron chi connectivity index (χ4n) is 2.79. The molecule has 0 amide bonds. The van der Waals surface area contributed by atoms with Gasteiger partial charge in [0.1, 0.15) is 0 Å². The van der Waals surface area contributed by atoms with Gasteiger partial charge in [-0.2, -0.15) is 0 Å². The van der Waals surface area contributed by atoms with E-state index in [-0.39, 0.29) is 18.3 Å². The van der Waals surface area contributed by atoms with Gasteiger partial charge in [0, 0.05) is 18.2 Å². The Bertz CT molecular complexity index is 693. The van der Waals surface area contributed by atoms with Gasteiger partial charge in [-0.15, -0.1) is 17.5 Å². The first-order chi connectivity index (χ1) is 10.6. The van der Waals surface area contributed by atoms with Gasteiger partial charge in [-0.1, -0.05) is 11.6 Å². The molecule has 1 aliphatic carbocycles. The molecule has 23 heavy (non-hydrogen) atoms. The monoisotopic (exact) mass is 358 g/mol. The Balaban J connectivity index is 0.00000192. The van der Waals surface area contributed by atoms with E-state index in [1.807, 2.05) is 6.07 Å². The van der Waals surface area contributed by atoms with Crippen LogP contribution >= 0.6 is 24.0 Å². The molecule has 8 heteroatoms. The number of H-pyrrole nitrogens is 1. The fraction of sp³-hybridized carbons (Fsp3) is 0.467. The van der Waals surface area contributed by atoms with Gasteiger partial charge in [0.15, 0.2) is 0 Å². The van der Waals surface area contributed by atoms with E-state index >= 15 is 0 Å². The SMILES string of the molecule is Cl.N[C@H]1CC[C@H](CNc2cc(-c3n[nH]c(=O)o3)ccc2Cl)CC1. The maximum atomic E-state index is 11.0. The van der Waals surface area contributed by atoms with Gasteiger partial charge in [0.25, 0.3) is 0 Å². The van der Waals surface area contributed by atoms with E-state index in [4.69, 9.17) is 21.8 Å².